The van der Waals surface area contributed by atoms with Crippen molar-refractivity contribution >= 4 is 33.8 Å². The van der Waals surface area contributed by atoms with Gasteiger partial charge in [0.25, 0.3) is 0 Å². The number of benzene rings is 3. The quantitative estimate of drug-likeness (QED) is 0.275. The van der Waals surface area contributed by atoms with Gasteiger partial charge in [0.2, 0.25) is 0 Å². The molecular weight excluding hydrogens is 467 g/mol. The highest BCUT2D eigenvalue weighted by atomic mass is 32.1. The maximum absolute atomic E-state index is 13.8. The van der Waals surface area contributed by atoms with Gasteiger partial charge in [-0.1, -0.05) is 42.5 Å². The fraction of sp³-hybridized carbons (Fsp3) is 0.133. The lowest BCUT2D eigenvalue weighted by atomic mass is 9.96. The number of aryl methyl sites for hydroxylation is 1. The standard InChI is InChI=1S/C30H25FN4S/c1-19-18-25(20(2)34(19)27-12-7-9-21-8-3-4-10-24(21)27)29-28(26-11-5-6-17-32-26)33-30(36)35(29)23-15-13-22(31)14-16-23/h3-18,28-29H,1-2H3,(H,33,36)/t28-,29-/m1/s1. The first kappa shape index (κ1) is 22.4. The van der Waals surface area contributed by atoms with Gasteiger partial charge in [-0.15, -0.1) is 0 Å². The summed E-state index contributed by atoms with van der Waals surface area (Å²) in [4.78, 5) is 6.74. The lowest BCUT2D eigenvalue weighted by Gasteiger charge is -2.28. The summed E-state index contributed by atoms with van der Waals surface area (Å²) in [5.74, 6) is -0.274. The minimum atomic E-state index is -0.274. The van der Waals surface area contributed by atoms with Crippen molar-refractivity contribution in [1.29, 1.82) is 0 Å². The number of thiocarbonyl (C=S) groups is 1. The average molecular weight is 493 g/mol. The van der Waals surface area contributed by atoms with Gasteiger partial charge in [0.15, 0.2) is 5.11 Å². The number of hydrogen-bond acceptors (Lipinski definition) is 2. The summed E-state index contributed by atoms with van der Waals surface area (Å²) in [6, 6.07) is 29.2. The fourth-order valence-electron chi connectivity index (χ4n) is 5.41. The van der Waals surface area contributed by atoms with E-state index in [0.717, 1.165) is 34.0 Å². The lowest BCUT2D eigenvalue weighted by Crippen LogP contribution is -2.29. The summed E-state index contributed by atoms with van der Waals surface area (Å²) in [5.41, 5.74) is 6.30. The molecule has 1 N–H and O–H groups in total. The molecule has 6 heteroatoms. The van der Waals surface area contributed by atoms with Crippen molar-refractivity contribution < 1.29 is 4.39 Å². The molecule has 0 bridgehead atoms. The van der Waals surface area contributed by atoms with Gasteiger partial charge in [0.05, 0.1) is 23.5 Å². The maximum atomic E-state index is 13.8. The number of halogens is 1. The van der Waals surface area contributed by atoms with E-state index in [2.05, 4.69) is 82.1 Å². The van der Waals surface area contributed by atoms with Gasteiger partial charge in [-0.25, -0.2) is 4.39 Å². The Labute approximate surface area is 215 Å². The van der Waals surface area contributed by atoms with Crippen LogP contribution in [0, 0.1) is 19.7 Å². The van der Waals surface area contributed by atoms with E-state index in [1.165, 1.54) is 22.9 Å². The van der Waals surface area contributed by atoms with Gasteiger partial charge < -0.3 is 14.8 Å². The maximum Gasteiger partial charge on any atom is 0.174 e. The third kappa shape index (κ3) is 3.65. The van der Waals surface area contributed by atoms with Gasteiger partial charge in [0.1, 0.15) is 5.82 Å². The number of nitrogens with zero attached hydrogens (tertiary/aromatic N) is 3. The molecule has 6 rings (SSSR count). The highest BCUT2D eigenvalue weighted by Gasteiger charge is 2.42. The Bertz CT molecular complexity index is 1570. The molecule has 178 valence electrons. The average Bonchev–Trinajstić information content (AvgIpc) is 3.39. The molecule has 0 spiro atoms. The predicted molar refractivity (Wildman–Crippen MR) is 147 cm³/mol. The number of hydrogen-bond donors (Lipinski definition) is 1. The number of rotatable bonds is 4. The zero-order chi connectivity index (χ0) is 24.8. The second-order valence-electron chi connectivity index (χ2n) is 9.13. The first-order valence-electron chi connectivity index (χ1n) is 12.0. The smallest absolute Gasteiger partial charge is 0.174 e. The normalized spacial score (nSPS) is 17.5. The number of fused-ring (bicyclic) bond motifs is 1. The topological polar surface area (TPSA) is 33.1 Å². The van der Waals surface area contributed by atoms with Crippen LogP contribution in [0.1, 0.15) is 34.7 Å². The minimum absolute atomic E-state index is 0.159. The molecule has 1 saturated heterocycles. The summed E-state index contributed by atoms with van der Waals surface area (Å²) >= 11 is 5.84. The minimum Gasteiger partial charge on any atom is -0.351 e. The molecular formula is C30H25FN4S. The molecule has 4 nitrogen and oxygen atoms in total. The van der Waals surface area contributed by atoms with Crippen LogP contribution in [-0.4, -0.2) is 14.7 Å². The van der Waals surface area contributed by atoms with E-state index in [1.54, 1.807) is 18.3 Å². The molecule has 36 heavy (non-hydrogen) atoms. The number of anilines is 1. The summed E-state index contributed by atoms with van der Waals surface area (Å²) < 4.78 is 16.1. The fourth-order valence-corrected chi connectivity index (χ4v) is 5.76. The second kappa shape index (κ2) is 8.88. The molecule has 2 aromatic heterocycles. The Hall–Kier alpha value is -4.03. The van der Waals surface area contributed by atoms with Crippen molar-refractivity contribution in [3.8, 4) is 5.69 Å². The molecule has 0 amide bonds. The Morgan fingerprint density at radius 2 is 1.64 bits per heavy atom. The lowest BCUT2D eigenvalue weighted by molar-refractivity contribution is 0.565. The van der Waals surface area contributed by atoms with E-state index in [0.29, 0.717) is 5.11 Å². The van der Waals surface area contributed by atoms with E-state index >= 15 is 0 Å². The molecule has 1 aliphatic rings. The van der Waals surface area contributed by atoms with Gasteiger partial charge in [-0.3, -0.25) is 4.98 Å². The van der Waals surface area contributed by atoms with E-state index in [4.69, 9.17) is 12.2 Å². The zero-order valence-electron chi connectivity index (χ0n) is 20.0. The van der Waals surface area contributed by atoms with Crippen LogP contribution in [0.2, 0.25) is 0 Å². The van der Waals surface area contributed by atoms with Gasteiger partial charge in [-0.05, 0) is 85.5 Å². The van der Waals surface area contributed by atoms with Crippen molar-refractivity contribution in [2.75, 3.05) is 4.90 Å². The molecule has 3 aromatic carbocycles. The van der Waals surface area contributed by atoms with Crippen molar-refractivity contribution in [1.82, 2.24) is 14.9 Å². The van der Waals surface area contributed by atoms with Crippen molar-refractivity contribution in [2.24, 2.45) is 0 Å². The van der Waals surface area contributed by atoms with Crippen LogP contribution in [0.3, 0.4) is 0 Å². The zero-order valence-corrected chi connectivity index (χ0v) is 20.8. The van der Waals surface area contributed by atoms with E-state index < -0.39 is 0 Å². The molecule has 2 atom stereocenters. The Morgan fingerprint density at radius 1 is 0.889 bits per heavy atom. The summed E-state index contributed by atoms with van der Waals surface area (Å²) in [6.07, 6.45) is 1.80. The molecule has 5 aromatic rings. The predicted octanol–water partition coefficient (Wildman–Crippen LogP) is 6.96. The third-order valence-electron chi connectivity index (χ3n) is 7.00. The van der Waals surface area contributed by atoms with Crippen LogP contribution in [0.15, 0.2) is 97.2 Å². The highest BCUT2D eigenvalue weighted by molar-refractivity contribution is 7.80. The van der Waals surface area contributed by atoms with Gasteiger partial charge in [-0.2, -0.15) is 0 Å². The molecule has 0 unspecified atom stereocenters. The first-order chi connectivity index (χ1) is 17.5. The van der Waals surface area contributed by atoms with E-state index in [9.17, 15) is 4.39 Å². The molecule has 3 heterocycles. The highest BCUT2D eigenvalue weighted by Crippen LogP contribution is 2.44. The number of nitrogens with one attached hydrogen (secondary N) is 1. The van der Waals surface area contributed by atoms with Gasteiger partial charge in [0, 0.05) is 28.7 Å². The molecule has 0 aliphatic carbocycles. The van der Waals surface area contributed by atoms with Crippen LogP contribution >= 0.6 is 12.2 Å². The van der Waals surface area contributed by atoms with E-state index in [1.807, 2.05) is 18.2 Å². The van der Waals surface area contributed by atoms with Crippen molar-refractivity contribution in [2.45, 2.75) is 25.9 Å². The molecule has 1 aliphatic heterocycles. The Balaban J connectivity index is 1.55. The number of pyridine rings is 1. The van der Waals surface area contributed by atoms with Crippen molar-refractivity contribution in [3.05, 3.63) is 126 Å². The van der Waals surface area contributed by atoms with Gasteiger partial charge >= 0.3 is 0 Å². The SMILES string of the molecule is Cc1cc([C@@H]2[C@@H](c3ccccn3)NC(=S)N2c2ccc(F)cc2)c(C)n1-c1cccc2ccccc12. The van der Waals surface area contributed by atoms with Crippen LogP contribution in [-0.2, 0) is 0 Å². The summed E-state index contributed by atoms with van der Waals surface area (Å²) in [7, 11) is 0. The Morgan fingerprint density at radius 3 is 2.42 bits per heavy atom. The van der Waals surface area contributed by atoms with Crippen LogP contribution in [0.5, 0.6) is 0 Å². The molecule has 0 saturated carbocycles. The van der Waals surface area contributed by atoms with E-state index in [-0.39, 0.29) is 17.9 Å². The molecule has 1 fully saturated rings. The number of aromatic nitrogens is 2. The largest absolute Gasteiger partial charge is 0.351 e. The monoisotopic (exact) mass is 492 g/mol. The third-order valence-corrected chi connectivity index (χ3v) is 7.31. The summed E-state index contributed by atoms with van der Waals surface area (Å²) in [6.45, 7) is 4.29. The first-order valence-corrected chi connectivity index (χ1v) is 12.4. The second-order valence-corrected chi connectivity index (χ2v) is 9.52. The Kier molecular flexibility index (Phi) is 5.53. The molecule has 0 radical (unpaired) electrons. The van der Waals surface area contributed by atoms with Crippen molar-refractivity contribution in [3.63, 3.8) is 0 Å². The van der Waals surface area contributed by atoms with Crippen LogP contribution < -0.4 is 10.2 Å². The summed E-state index contributed by atoms with van der Waals surface area (Å²) in [5, 5.41) is 6.49. The van der Waals surface area contributed by atoms with Crippen LogP contribution in [0.25, 0.3) is 16.5 Å². The van der Waals surface area contributed by atoms with Crippen LogP contribution in [0.4, 0.5) is 10.1 Å².